The highest BCUT2D eigenvalue weighted by atomic mass is 32.2. The monoisotopic (exact) mass is 467 g/mol. The predicted molar refractivity (Wildman–Crippen MR) is 107 cm³/mol. The van der Waals surface area contributed by atoms with Gasteiger partial charge in [0.1, 0.15) is 12.3 Å². The number of hydrogen-bond donors (Lipinski definition) is 1. The molecule has 0 spiro atoms. The lowest BCUT2D eigenvalue weighted by Gasteiger charge is -2.11. The van der Waals surface area contributed by atoms with Gasteiger partial charge in [0.2, 0.25) is 15.7 Å². The Hall–Kier alpha value is -3.67. The number of aromatic nitrogens is 2. The average Bonchev–Trinajstić information content (AvgIpc) is 2.74. The highest BCUT2D eigenvalue weighted by Gasteiger charge is 2.30. The second kappa shape index (κ2) is 8.83. The topological polar surface area (TPSA) is 107 Å². The van der Waals surface area contributed by atoms with Crippen molar-refractivity contribution in [2.75, 3.05) is 12.4 Å². The van der Waals surface area contributed by atoms with Crippen LogP contribution >= 0.6 is 0 Å². The van der Waals surface area contributed by atoms with E-state index in [0.29, 0.717) is 10.4 Å². The van der Waals surface area contributed by atoms with Gasteiger partial charge in [-0.15, -0.1) is 0 Å². The van der Waals surface area contributed by atoms with Crippen molar-refractivity contribution in [1.82, 2.24) is 9.78 Å². The van der Waals surface area contributed by atoms with Crippen LogP contribution < -0.4 is 15.6 Å². The van der Waals surface area contributed by atoms with E-state index in [9.17, 15) is 31.2 Å². The van der Waals surface area contributed by atoms with Crippen LogP contribution in [0.2, 0.25) is 0 Å². The maximum absolute atomic E-state index is 12.8. The van der Waals surface area contributed by atoms with Crippen molar-refractivity contribution >= 4 is 21.4 Å². The summed E-state index contributed by atoms with van der Waals surface area (Å²) in [5.41, 5.74) is -1.87. The molecule has 0 unspecified atom stereocenters. The molecular weight excluding hydrogens is 451 g/mol. The Morgan fingerprint density at radius 1 is 1.09 bits per heavy atom. The molecule has 32 heavy (non-hydrogen) atoms. The molecule has 0 bridgehead atoms. The standard InChI is InChI=1S/C20H16F3N3O5S/c1-31-15-6-3-7-16(11-15)32(29,30)18-8-9-19(28)26(25-18)12-17(27)24-14-5-2-4-13(10-14)20(21,22)23/h2-11H,12H2,1H3,(H,24,27). The number of hydrogen-bond acceptors (Lipinski definition) is 6. The summed E-state index contributed by atoms with van der Waals surface area (Å²) >= 11 is 0. The lowest BCUT2D eigenvalue weighted by molar-refractivity contribution is -0.137. The van der Waals surface area contributed by atoms with Gasteiger partial charge in [0.15, 0.2) is 5.03 Å². The van der Waals surface area contributed by atoms with E-state index in [2.05, 4.69) is 10.4 Å². The first kappa shape index (κ1) is 23.0. The second-order valence-corrected chi connectivity index (χ2v) is 8.37. The molecule has 3 aromatic rings. The van der Waals surface area contributed by atoms with Crippen LogP contribution in [0, 0.1) is 0 Å². The molecule has 2 aromatic carbocycles. The minimum atomic E-state index is -4.60. The van der Waals surface area contributed by atoms with Crippen LogP contribution in [0.25, 0.3) is 0 Å². The molecule has 0 atom stereocenters. The molecule has 0 radical (unpaired) electrons. The zero-order chi connectivity index (χ0) is 23.5. The van der Waals surface area contributed by atoms with Crippen molar-refractivity contribution in [3.05, 3.63) is 76.6 Å². The van der Waals surface area contributed by atoms with E-state index in [1.165, 1.54) is 31.4 Å². The molecule has 0 saturated heterocycles. The zero-order valence-electron chi connectivity index (χ0n) is 16.5. The average molecular weight is 467 g/mol. The van der Waals surface area contributed by atoms with Gasteiger partial charge >= 0.3 is 6.18 Å². The maximum Gasteiger partial charge on any atom is 0.416 e. The first-order valence-electron chi connectivity index (χ1n) is 8.95. The largest absolute Gasteiger partial charge is 0.497 e. The van der Waals surface area contributed by atoms with Crippen LogP contribution in [0.5, 0.6) is 5.75 Å². The fourth-order valence-electron chi connectivity index (χ4n) is 2.69. The fourth-order valence-corrected chi connectivity index (χ4v) is 3.91. The number of ether oxygens (including phenoxy) is 1. The van der Waals surface area contributed by atoms with Gasteiger partial charge in [-0.2, -0.15) is 18.3 Å². The zero-order valence-corrected chi connectivity index (χ0v) is 17.3. The predicted octanol–water partition coefficient (Wildman–Crippen LogP) is 2.74. The number of halogens is 3. The molecule has 12 heteroatoms. The Bertz CT molecular complexity index is 1320. The number of methoxy groups -OCH3 is 1. The molecule has 3 rings (SSSR count). The number of sulfone groups is 1. The number of amides is 1. The lowest BCUT2D eigenvalue weighted by atomic mass is 10.2. The van der Waals surface area contributed by atoms with Crippen LogP contribution in [-0.4, -0.2) is 31.2 Å². The molecule has 8 nitrogen and oxygen atoms in total. The summed E-state index contributed by atoms with van der Waals surface area (Å²) in [5, 5.41) is 5.49. The number of anilines is 1. The van der Waals surface area contributed by atoms with Crippen molar-refractivity contribution in [1.29, 1.82) is 0 Å². The van der Waals surface area contributed by atoms with E-state index >= 15 is 0 Å². The van der Waals surface area contributed by atoms with Crippen LogP contribution in [0.3, 0.4) is 0 Å². The van der Waals surface area contributed by atoms with E-state index in [1.54, 1.807) is 6.07 Å². The summed E-state index contributed by atoms with van der Waals surface area (Å²) in [5.74, 6) is -0.574. The Morgan fingerprint density at radius 3 is 2.50 bits per heavy atom. The SMILES string of the molecule is COc1cccc(S(=O)(=O)c2ccc(=O)n(CC(=O)Nc3cccc(C(F)(F)F)c3)n2)c1. The number of alkyl halides is 3. The smallest absolute Gasteiger partial charge is 0.416 e. The summed E-state index contributed by atoms with van der Waals surface area (Å²) in [6, 6.07) is 11.5. The summed E-state index contributed by atoms with van der Waals surface area (Å²) in [6.07, 6.45) is -4.60. The van der Waals surface area contributed by atoms with Gasteiger partial charge in [-0.05, 0) is 42.5 Å². The Kier molecular flexibility index (Phi) is 6.35. The molecule has 1 aromatic heterocycles. The van der Waals surface area contributed by atoms with Gasteiger partial charge in [-0.1, -0.05) is 12.1 Å². The third kappa shape index (κ3) is 5.14. The van der Waals surface area contributed by atoms with Gasteiger partial charge in [0, 0.05) is 11.8 Å². The third-order valence-electron chi connectivity index (χ3n) is 4.24. The van der Waals surface area contributed by atoms with Gasteiger partial charge in [0.05, 0.1) is 17.6 Å². The van der Waals surface area contributed by atoms with E-state index in [-0.39, 0.29) is 10.6 Å². The van der Waals surface area contributed by atoms with Crippen molar-refractivity contribution in [3.8, 4) is 5.75 Å². The number of carbonyl (C=O) groups excluding carboxylic acids is 1. The van der Waals surface area contributed by atoms with Crippen LogP contribution in [0.4, 0.5) is 18.9 Å². The van der Waals surface area contributed by atoms with Gasteiger partial charge < -0.3 is 10.1 Å². The fraction of sp³-hybridized carbons (Fsp3) is 0.150. The van der Waals surface area contributed by atoms with Gasteiger partial charge in [-0.25, -0.2) is 13.1 Å². The molecule has 0 aliphatic heterocycles. The Labute approximate surface area is 180 Å². The van der Waals surface area contributed by atoms with Crippen molar-refractivity contribution in [3.63, 3.8) is 0 Å². The molecule has 0 aliphatic carbocycles. The van der Waals surface area contributed by atoms with Crippen LogP contribution in [-0.2, 0) is 27.4 Å². The number of nitrogens with zero attached hydrogens (tertiary/aromatic N) is 2. The highest BCUT2D eigenvalue weighted by Crippen LogP contribution is 2.30. The summed E-state index contributed by atoms with van der Waals surface area (Å²) < 4.78 is 69.7. The molecule has 168 valence electrons. The molecule has 1 amide bonds. The normalized spacial score (nSPS) is 11.8. The van der Waals surface area contributed by atoms with Crippen LogP contribution in [0.1, 0.15) is 5.56 Å². The number of carbonyl (C=O) groups is 1. The number of benzene rings is 2. The molecular formula is C20H16F3N3O5S. The minimum Gasteiger partial charge on any atom is -0.497 e. The van der Waals surface area contributed by atoms with Gasteiger partial charge in [0.25, 0.3) is 5.56 Å². The van der Waals surface area contributed by atoms with Crippen molar-refractivity contribution < 1.29 is 31.1 Å². The highest BCUT2D eigenvalue weighted by molar-refractivity contribution is 7.91. The quantitative estimate of drug-likeness (QED) is 0.598. The molecule has 0 aliphatic rings. The minimum absolute atomic E-state index is 0.136. The molecule has 1 N–H and O–H groups in total. The molecule has 1 heterocycles. The van der Waals surface area contributed by atoms with E-state index < -0.39 is 44.6 Å². The molecule has 0 saturated carbocycles. The third-order valence-corrected chi connectivity index (χ3v) is 5.88. The molecule has 0 fully saturated rings. The lowest BCUT2D eigenvalue weighted by Crippen LogP contribution is -2.30. The Morgan fingerprint density at radius 2 is 1.81 bits per heavy atom. The summed E-state index contributed by atoms with van der Waals surface area (Å²) in [6.45, 7) is -0.712. The second-order valence-electron chi connectivity index (χ2n) is 6.48. The van der Waals surface area contributed by atoms with Crippen molar-refractivity contribution in [2.24, 2.45) is 0 Å². The Balaban J connectivity index is 1.85. The number of nitrogens with one attached hydrogen (secondary N) is 1. The first-order chi connectivity index (χ1) is 15.0. The maximum atomic E-state index is 12.8. The summed E-state index contributed by atoms with van der Waals surface area (Å²) in [7, 11) is -2.77. The van der Waals surface area contributed by atoms with E-state index in [4.69, 9.17) is 4.74 Å². The van der Waals surface area contributed by atoms with E-state index in [0.717, 1.165) is 30.3 Å². The number of rotatable bonds is 6. The van der Waals surface area contributed by atoms with E-state index in [1.807, 2.05) is 0 Å². The van der Waals surface area contributed by atoms with Crippen LogP contribution in [0.15, 0.2) is 75.4 Å². The van der Waals surface area contributed by atoms with Gasteiger partial charge in [-0.3, -0.25) is 9.59 Å². The summed E-state index contributed by atoms with van der Waals surface area (Å²) in [4.78, 5) is 24.2. The first-order valence-corrected chi connectivity index (χ1v) is 10.4. The van der Waals surface area contributed by atoms with Crippen molar-refractivity contribution in [2.45, 2.75) is 22.6 Å².